The number of fused-ring (bicyclic) bond motifs is 1. The molecule has 5 nitrogen and oxygen atoms in total. The molecule has 1 amide bonds. The average molecular weight is 302 g/mol. The predicted octanol–water partition coefficient (Wildman–Crippen LogP) is 1.51. The molecule has 0 aromatic heterocycles. The van der Waals surface area contributed by atoms with Gasteiger partial charge in [0.25, 0.3) is 0 Å². The highest BCUT2D eigenvalue weighted by molar-refractivity contribution is 5.83. The molecule has 1 aromatic carbocycles. The predicted molar refractivity (Wildman–Crippen MR) is 82.1 cm³/mol. The van der Waals surface area contributed by atoms with E-state index in [0.717, 1.165) is 43.9 Å². The van der Waals surface area contributed by atoms with Crippen LogP contribution < -0.4 is 15.2 Å². The maximum atomic E-state index is 12.6. The number of piperidine rings is 1. The van der Waals surface area contributed by atoms with E-state index in [4.69, 9.17) is 15.2 Å². The van der Waals surface area contributed by atoms with Crippen molar-refractivity contribution in [2.45, 2.75) is 31.2 Å². The summed E-state index contributed by atoms with van der Waals surface area (Å²) in [5.41, 5.74) is 7.10. The molecule has 2 fully saturated rings. The maximum Gasteiger partial charge on any atom is 0.226 e. The fourth-order valence-corrected chi connectivity index (χ4v) is 3.48. The molecule has 1 saturated heterocycles. The van der Waals surface area contributed by atoms with Crippen molar-refractivity contribution >= 4 is 5.91 Å². The van der Waals surface area contributed by atoms with Gasteiger partial charge < -0.3 is 20.1 Å². The van der Waals surface area contributed by atoms with Gasteiger partial charge in [0.1, 0.15) is 13.2 Å². The first-order valence-corrected chi connectivity index (χ1v) is 8.16. The second-order valence-corrected chi connectivity index (χ2v) is 6.51. The first kappa shape index (κ1) is 13.9. The van der Waals surface area contributed by atoms with Crippen LogP contribution >= 0.6 is 0 Å². The molecule has 4 rings (SSSR count). The lowest BCUT2D eigenvalue weighted by molar-refractivity contribution is -0.133. The van der Waals surface area contributed by atoms with E-state index in [2.05, 4.69) is 6.07 Å². The zero-order chi connectivity index (χ0) is 15.1. The topological polar surface area (TPSA) is 64.8 Å². The van der Waals surface area contributed by atoms with Gasteiger partial charge in [-0.1, -0.05) is 6.07 Å². The van der Waals surface area contributed by atoms with Crippen LogP contribution in [0.15, 0.2) is 18.2 Å². The minimum absolute atomic E-state index is 0.136. The standard InChI is InChI=1S/C17H22N2O3/c18-12-3-5-19(6-4-12)17(20)14-10-13(14)11-1-2-15-16(9-11)22-8-7-21-15/h1-2,9,12-14H,3-8,10,18H2. The Balaban J connectivity index is 1.42. The minimum atomic E-state index is 0.136. The Kier molecular flexibility index (Phi) is 3.45. The molecule has 5 heteroatoms. The van der Waals surface area contributed by atoms with Crippen LogP contribution in [0.1, 0.15) is 30.7 Å². The number of nitrogens with two attached hydrogens (primary N) is 1. The Labute approximate surface area is 130 Å². The molecular weight excluding hydrogens is 280 g/mol. The van der Waals surface area contributed by atoms with E-state index < -0.39 is 0 Å². The van der Waals surface area contributed by atoms with E-state index in [9.17, 15) is 4.79 Å². The van der Waals surface area contributed by atoms with Crippen molar-refractivity contribution in [3.63, 3.8) is 0 Å². The zero-order valence-corrected chi connectivity index (χ0v) is 12.7. The van der Waals surface area contributed by atoms with Gasteiger partial charge >= 0.3 is 0 Å². The first-order chi connectivity index (χ1) is 10.7. The Bertz CT molecular complexity index is 581. The van der Waals surface area contributed by atoms with Gasteiger partial charge in [-0.15, -0.1) is 0 Å². The number of hydrogen-bond donors (Lipinski definition) is 1. The van der Waals surface area contributed by atoms with Gasteiger partial charge in [-0.05, 0) is 42.9 Å². The van der Waals surface area contributed by atoms with Gasteiger partial charge in [0.15, 0.2) is 11.5 Å². The van der Waals surface area contributed by atoms with Crippen LogP contribution in [0.3, 0.4) is 0 Å². The third kappa shape index (κ3) is 2.54. The van der Waals surface area contributed by atoms with Crippen LogP contribution in [0.5, 0.6) is 11.5 Å². The smallest absolute Gasteiger partial charge is 0.226 e. The minimum Gasteiger partial charge on any atom is -0.486 e. The van der Waals surface area contributed by atoms with Crippen molar-refractivity contribution in [2.75, 3.05) is 26.3 Å². The first-order valence-electron chi connectivity index (χ1n) is 8.16. The third-order valence-electron chi connectivity index (χ3n) is 4.95. The number of amides is 1. The van der Waals surface area contributed by atoms with E-state index >= 15 is 0 Å². The van der Waals surface area contributed by atoms with Gasteiger partial charge in [-0.3, -0.25) is 4.79 Å². The van der Waals surface area contributed by atoms with Crippen LogP contribution in [0, 0.1) is 5.92 Å². The van der Waals surface area contributed by atoms with Crippen LogP contribution in [0.4, 0.5) is 0 Å². The second-order valence-electron chi connectivity index (χ2n) is 6.51. The largest absolute Gasteiger partial charge is 0.486 e. The Morgan fingerprint density at radius 2 is 1.86 bits per heavy atom. The van der Waals surface area contributed by atoms with Crippen LogP contribution in [0.25, 0.3) is 0 Å². The molecule has 3 aliphatic rings. The van der Waals surface area contributed by atoms with Crippen molar-refractivity contribution < 1.29 is 14.3 Å². The number of hydrogen-bond acceptors (Lipinski definition) is 4. The summed E-state index contributed by atoms with van der Waals surface area (Å²) < 4.78 is 11.2. The van der Waals surface area contributed by atoms with E-state index in [1.54, 1.807) is 0 Å². The summed E-state index contributed by atoms with van der Waals surface area (Å²) in [5, 5.41) is 0. The average Bonchev–Trinajstić information content (AvgIpc) is 3.35. The number of ether oxygens (including phenoxy) is 2. The van der Waals surface area contributed by atoms with E-state index in [0.29, 0.717) is 25.0 Å². The maximum absolute atomic E-state index is 12.6. The van der Waals surface area contributed by atoms with Crippen LogP contribution in [-0.4, -0.2) is 43.2 Å². The van der Waals surface area contributed by atoms with Crippen LogP contribution in [-0.2, 0) is 4.79 Å². The molecule has 0 bridgehead atoms. The molecule has 1 aliphatic carbocycles. The highest BCUT2D eigenvalue weighted by atomic mass is 16.6. The van der Waals surface area contributed by atoms with Crippen molar-refractivity contribution in [3.8, 4) is 11.5 Å². The van der Waals surface area contributed by atoms with Crippen molar-refractivity contribution in [3.05, 3.63) is 23.8 Å². The summed E-state index contributed by atoms with van der Waals surface area (Å²) in [7, 11) is 0. The fraction of sp³-hybridized carbons (Fsp3) is 0.588. The molecule has 0 spiro atoms. The Hall–Kier alpha value is -1.75. The van der Waals surface area contributed by atoms with Crippen LogP contribution in [0.2, 0.25) is 0 Å². The number of carbonyl (C=O) groups excluding carboxylic acids is 1. The monoisotopic (exact) mass is 302 g/mol. The molecule has 1 aromatic rings. The van der Waals surface area contributed by atoms with Crippen molar-refractivity contribution in [2.24, 2.45) is 11.7 Å². The van der Waals surface area contributed by atoms with Gasteiger partial charge in [0.2, 0.25) is 5.91 Å². The molecule has 118 valence electrons. The lowest BCUT2D eigenvalue weighted by atomic mass is 10.0. The summed E-state index contributed by atoms with van der Waals surface area (Å²) in [4.78, 5) is 14.6. The van der Waals surface area contributed by atoms with E-state index in [-0.39, 0.29) is 12.0 Å². The quantitative estimate of drug-likeness (QED) is 0.899. The molecule has 2 aliphatic heterocycles. The summed E-state index contributed by atoms with van der Waals surface area (Å²) >= 11 is 0. The van der Waals surface area contributed by atoms with Crippen molar-refractivity contribution in [1.29, 1.82) is 0 Å². The number of benzene rings is 1. The van der Waals surface area contributed by atoms with Gasteiger partial charge in [0, 0.05) is 25.0 Å². The van der Waals surface area contributed by atoms with Gasteiger partial charge in [-0.2, -0.15) is 0 Å². The summed E-state index contributed by atoms with van der Waals surface area (Å²) in [6.45, 7) is 2.82. The van der Waals surface area contributed by atoms with Crippen molar-refractivity contribution in [1.82, 2.24) is 4.90 Å². The zero-order valence-electron chi connectivity index (χ0n) is 12.7. The number of nitrogens with zero attached hydrogens (tertiary/aromatic N) is 1. The number of carbonyl (C=O) groups is 1. The molecule has 2 atom stereocenters. The lowest BCUT2D eigenvalue weighted by Gasteiger charge is -2.30. The molecule has 2 heterocycles. The molecule has 1 saturated carbocycles. The normalized spacial score (nSPS) is 27.6. The third-order valence-corrected chi connectivity index (χ3v) is 4.95. The number of rotatable bonds is 2. The summed E-state index contributed by atoms with van der Waals surface area (Å²) in [6.07, 6.45) is 2.79. The highest BCUT2D eigenvalue weighted by Crippen LogP contribution is 2.50. The van der Waals surface area contributed by atoms with E-state index in [1.807, 2.05) is 17.0 Å². The SMILES string of the molecule is NC1CCN(C(=O)C2CC2c2ccc3c(c2)OCCO3)CC1. The molecule has 22 heavy (non-hydrogen) atoms. The molecule has 2 unspecified atom stereocenters. The Morgan fingerprint density at radius 3 is 2.64 bits per heavy atom. The fourth-order valence-electron chi connectivity index (χ4n) is 3.48. The molecule has 2 N–H and O–H groups in total. The second kappa shape index (κ2) is 5.47. The molecule has 0 radical (unpaired) electrons. The Morgan fingerprint density at radius 1 is 1.14 bits per heavy atom. The highest BCUT2D eigenvalue weighted by Gasteiger charge is 2.46. The van der Waals surface area contributed by atoms with E-state index in [1.165, 1.54) is 5.56 Å². The lowest BCUT2D eigenvalue weighted by Crippen LogP contribution is -2.43. The number of likely N-dealkylation sites (tertiary alicyclic amines) is 1. The summed E-state index contributed by atoms with van der Waals surface area (Å²) in [5.74, 6) is 2.39. The van der Waals surface area contributed by atoms with Gasteiger partial charge in [-0.25, -0.2) is 0 Å². The summed E-state index contributed by atoms with van der Waals surface area (Å²) in [6, 6.07) is 6.33. The van der Waals surface area contributed by atoms with Gasteiger partial charge in [0.05, 0.1) is 0 Å². The molecular formula is C17H22N2O3.